The zero-order chi connectivity index (χ0) is 20.3. The fourth-order valence-electron chi connectivity index (χ4n) is 3.54. The zero-order valence-corrected chi connectivity index (χ0v) is 17.5. The van der Waals surface area contributed by atoms with E-state index < -0.39 is 15.6 Å². The van der Waals surface area contributed by atoms with Gasteiger partial charge in [0.05, 0.1) is 5.60 Å². The van der Waals surface area contributed by atoms with Crippen molar-refractivity contribution in [2.45, 2.75) is 55.3 Å². The molecule has 0 radical (unpaired) electrons. The molecule has 1 aliphatic heterocycles. The normalized spacial score (nSPS) is 20.4. The molecule has 2 heterocycles. The highest BCUT2D eigenvalue weighted by atomic mass is 32.2. The first kappa shape index (κ1) is 19.4. The highest BCUT2D eigenvalue weighted by molar-refractivity contribution is 7.91. The van der Waals surface area contributed by atoms with Gasteiger partial charge in [-0.15, -0.1) is 11.3 Å². The first-order chi connectivity index (χ1) is 13.1. The fourth-order valence-corrected chi connectivity index (χ4v) is 6.02. The predicted molar refractivity (Wildman–Crippen MR) is 108 cm³/mol. The highest BCUT2D eigenvalue weighted by Gasteiger charge is 2.44. The molecule has 1 unspecified atom stereocenters. The van der Waals surface area contributed by atoms with E-state index >= 15 is 0 Å². The van der Waals surface area contributed by atoms with Gasteiger partial charge in [-0.05, 0) is 48.6 Å². The van der Waals surface area contributed by atoms with Gasteiger partial charge < -0.3 is 10.4 Å². The summed E-state index contributed by atoms with van der Waals surface area (Å²) in [5.41, 5.74) is 1.24. The summed E-state index contributed by atoms with van der Waals surface area (Å²) in [5, 5.41) is 13.3. The SMILES string of the molecule is CC(C)c1c(F)ccc2c1NC(NS(=O)(=O)c1ccc(C3(O)CC3)s1)=CC2C. The molecule has 5 nitrogen and oxygen atoms in total. The molecule has 1 atom stereocenters. The second-order valence-corrected chi connectivity index (χ2v) is 10.8. The van der Waals surface area contributed by atoms with E-state index in [0.717, 1.165) is 16.9 Å². The molecule has 1 aliphatic carbocycles. The number of thiophene rings is 1. The van der Waals surface area contributed by atoms with E-state index in [1.165, 1.54) is 12.1 Å². The van der Waals surface area contributed by atoms with Gasteiger partial charge in [0.1, 0.15) is 15.8 Å². The summed E-state index contributed by atoms with van der Waals surface area (Å²) in [6.07, 6.45) is 3.10. The third kappa shape index (κ3) is 3.33. The average molecular weight is 423 g/mol. The van der Waals surface area contributed by atoms with E-state index in [-0.39, 0.29) is 21.9 Å². The number of hydrogen-bond acceptors (Lipinski definition) is 5. The molecule has 0 amide bonds. The molecule has 0 saturated heterocycles. The lowest BCUT2D eigenvalue weighted by Gasteiger charge is -2.28. The van der Waals surface area contributed by atoms with Crippen LogP contribution in [0.1, 0.15) is 61.5 Å². The van der Waals surface area contributed by atoms with Gasteiger partial charge in [0, 0.05) is 22.0 Å². The lowest BCUT2D eigenvalue weighted by atomic mass is 9.89. The monoisotopic (exact) mass is 422 g/mol. The highest BCUT2D eigenvalue weighted by Crippen LogP contribution is 2.48. The number of aliphatic hydroxyl groups is 1. The van der Waals surface area contributed by atoms with Crippen LogP contribution in [0.25, 0.3) is 0 Å². The van der Waals surface area contributed by atoms with Crippen LogP contribution in [-0.2, 0) is 15.6 Å². The Bertz CT molecular complexity index is 1070. The standard InChI is InChI=1S/C20H23FN2O3S2/c1-11(2)18-14(21)5-4-13-12(3)10-16(22-19(13)18)23-28(25,26)17-7-6-15(27-17)20(24)8-9-20/h4-7,10-12,22-24H,8-9H2,1-3H3. The Morgan fingerprint density at radius 2 is 2.00 bits per heavy atom. The van der Waals surface area contributed by atoms with Gasteiger partial charge >= 0.3 is 0 Å². The smallest absolute Gasteiger partial charge is 0.272 e. The fraction of sp³-hybridized carbons (Fsp3) is 0.400. The number of fused-ring (bicyclic) bond motifs is 1. The minimum atomic E-state index is -3.81. The minimum absolute atomic E-state index is 0.0512. The molecule has 1 fully saturated rings. The third-order valence-corrected chi connectivity index (χ3v) is 8.38. The van der Waals surface area contributed by atoms with Crippen LogP contribution in [0.2, 0.25) is 0 Å². The number of halogens is 1. The Kier molecular flexibility index (Phi) is 4.56. The first-order valence-corrected chi connectivity index (χ1v) is 11.6. The van der Waals surface area contributed by atoms with Crippen LogP contribution in [0.15, 0.2) is 40.4 Å². The third-order valence-electron chi connectivity index (χ3n) is 5.24. The van der Waals surface area contributed by atoms with Gasteiger partial charge in [0.15, 0.2) is 0 Å². The van der Waals surface area contributed by atoms with Crippen molar-refractivity contribution in [2.75, 3.05) is 5.32 Å². The lowest BCUT2D eigenvalue weighted by molar-refractivity contribution is 0.155. The Balaban J connectivity index is 1.63. The maximum Gasteiger partial charge on any atom is 0.272 e. The average Bonchev–Trinajstić information content (AvgIpc) is 3.14. The van der Waals surface area contributed by atoms with Gasteiger partial charge in [-0.3, -0.25) is 4.72 Å². The summed E-state index contributed by atoms with van der Waals surface area (Å²) < 4.78 is 42.8. The first-order valence-electron chi connectivity index (χ1n) is 9.27. The number of nitrogens with one attached hydrogen (secondary N) is 2. The maximum atomic E-state index is 14.4. The second kappa shape index (κ2) is 6.57. The molecule has 8 heteroatoms. The van der Waals surface area contributed by atoms with Gasteiger partial charge in [0.2, 0.25) is 0 Å². The van der Waals surface area contributed by atoms with Crippen LogP contribution < -0.4 is 10.0 Å². The summed E-state index contributed by atoms with van der Waals surface area (Å²) in [7, 11) is -3.81. The Morgan fingerprint density at radius 3 is 2.64 bits per heavy atom. The molecule has 150 valence electrons. The van der Waals surface area contributed by atoms with Crippen molar-refractivity contribution in [1.29, 1.82) is 0 Å². The largest absolute Gasteiger partial charge is 0.384 e. The van der Waals surface area contributed by atoms with Gasteiger partial charge in [-0.25, -0.2) is 12.8 Å². The number of allylic oxidation sites excluding steroid dienone is 1. The van der Waals surface area contributed by atoms with Gasteiger partial charge in [-0.2, -0.15) is 0 Å². The van der Waals surface area contributed by atoms with Crippen LogP contribution in [0.5, 0.6) is 0 Å². The Hall–Kier alpha value is -1.90. The Labute approximate surface area is 168 Å². The van der Waals surface area contributed by atoms with Crippen molar-refractivity contribution in [3.63, 3.8) is 0 Å². The van der Waals surface area contributed by atoms with E-state index in [2.05, 4.69) is 10.0 Å². The molecule has 3 N–H and O–H groups in total. The lowest BCUT2D eigenvalue weighted by Crippen LogP contribution is -2.29. The summed E-state index contributed by atoms with van der Waals surface area (Å²) >= 11 is 1.08. The molecule has 4 rings (SSSR count). The van der Waals surface area contributed by atoms with E-state index in [1.807, 2.05) is 20.8 Å². The maximum absolute atomic E-state index is 14.4. The summed E-state index contributed by atoms with van der Waals surface area (Å²) in [4.78, 5) is 0.668. The summed E-state index contributed by atoms with van der Waals surface area (Å²) in [5.74, 6) is -0.117. The Morgan fingerprint density at radius 1 is 1.29 bits per heavy atom. The van der Waals surface area contributed by atoms with Crippen LogP contribution >= 0.6 is 11.3 Å². The number of rotatable bonds is 5. The van der Waals surface area contributed by atoms with Crippen LogP contribution in [0, 0.1) is 5.82 Å². The summed E-state index contributed by atoms with van der Waals surface area (Å²) in [6, 6.07) is 6.38. The van der Waals surface area contributed by atoms with Crippen molar-refractivity contribution < 1.29 is 17.9 Å². The molecule has 28 heavy (non-hydrogen) atoms. The van der Waals surface area contributed by atoms with E-state index in [0.29, 0.717) is 34.8 Å². The number of hydrogen-bond donors (Lipinski definition) is 3. The molecule has 2 aliphatic rings. The van der Waals surface area contributed by atoms with Crippen molar-refractivity contribution in [2.24, 2.45) is 0 Å². The molecule has 0 spiro atoms. The quantitative estimate of drug-likeness (QED) is 0.670. The van der Waals surface area contributed by atoms with E-state index in [4.69, 9.17) is 0 Å². The molecule has 2 aromatic rings. The number of anilines is 1. The van der Waals surface area contributed by atoms with Crippen molar-refractivity contribution in [3.05, 3.63) is 58.0 Å². The molecule has 0 bridgehead atoms. The van der Waals surface area contributed by atoms with Crippen molar-refractivity contribution in [1.82, 2.24) is 4.72 Å². The van der Waals surface area contributed by atoms with E-state index in [1.54, 1.807) is 18.2 Å². The molecular weight excluding hydrogens is 399 g/mol. The topological polar surface area (TPSA) is 78.4 Å². The van der Waals surface area contributed by atoms with E-state index in [9.17, 15) is 17.9 Å². The number of sulfonamides is 1. The second-order valence-electron chi connectivity index (χ2n) is 7.83. The minimum Gasteiger partial charge on any atom is -0.384 e. The van der Waals surface area contributed by atoms with Crippen molar-refractivity contribution >= 4 is 27.0 Å². The number of benzene rings is 1. The molecule has 1 saturated carbocycles. The molecule has 1 aromatic carbocycles. The van der Waals surface area contributed by atoms with Gasteiger partial charge in [0.25, 0.3) is 10.0 Å². The van der Waals surface area contributed by atoms with Crippen molar-refractivity contribution in [3.8, 4) is 0 Å². The predicted octanol–water partition coefficient (Wildman–Crippen LogP) is 4.34. The van der Waals surface area contributed by atoms with Gasteiger partial charge in [-0.1, -0.05) is 26.8 Å². The molecule has 1 aromatic heterocycles. The zero-order valence-electron chi connectivity index (χ0n) is 15.9. The van der Waals surface area contributed by atoms with Crippen LogP contribution in [0.4, 0.5) is 10.1 Å². The van der Waals surface area contributed by atoms with Crippen LogP contribution in [0.3, 0.4) is 0 Å². The van der Waals surface area contributed by atoms with Crippen LogP contribution in [-0.4, -0.2) is 13.5 Å². The summed E-state index contributed by atoms with van der Waals surface area (Å²) in [6.45, 7) is 5.76. The molecular formula is C20H23FN2O3S2.